The first-order chi connectivity index (χ1) is 34.8. The Balaban J connectivity index is 1.70. The summed E-state index contributed by atoms with van der Waals surface area (Å²) in [6, 6.07) is 5.92. The van der Waals surface area contributed by atoms with Crippen molar-refractivity contribution in [3.8, 4) is 0 Å². The van der Waals surface area contributed by atoms with Gasteiger partial charge in [-0.25, -0.2) is 24.1 Å². The van der Waals surface area contributed by atoms with Gasteiger partial charge in [-0.2, -0.15) is 0 Å². The number of carbonyl (C=O) groups is 10. The van der Waals surface area contributed by atoms with Crippen LogP contribution in [0.2, 0.25) is 0 Å². The molecule has 29 heteroatoms. The third-order valence-electron chi connectivity index (χ3n) is 10.8. The first-order valence-electron chi connectivity index (χ1n) is 22.8. The van der Waals surface area contributed by atoms with Crippen molar-refractivity contribution in [2.24, 2.45) is 0 Å². The van der Waals surface area contributed by atoms with Gasteiger partial charge in [0.15, 0.2) is 30.7 Å². The fourth-order valence-electron chi connectivity index (χ4n) is 7.97. The van der Waals surface area contributed by atoms with Gasteiger partial charge in [-0.1, -0.05) is 65.1 Å². The molecule has 0 spiro atoms. The van der Waals surface area contributed by atoms with E-state index < -0.39 is 157 Å². The minimum atomic E-state index is -2.76. The van der Waals surface area contributed by atoms with Crippen LogP contribution in [0.3, 0.4) is 0 Å². The smallest absolute Gasteiger partial charge is 0.417 e. The van der Waals surface area contributed by atoms with Crippen LogP contribution in [-0.2, 0) is 102 Å². The number of rotatable bonds is 23. The number of hydrogen-bond acceptors (Lipinski definition) is 23. The maximum Gasteiger partial charge on any atom is 0.417 e. The Kier molecular flexibility index (Phi) is 23.2. The summed E-state index contributed by atoms with van der Waals surface area (Å²) < 4.78 is 71.3. The number of nitrogens with one attached hydrogen (secondary N) is 2. The standard InChI is InChI=1S/C45H58Cl3N3O23/c1-23(52)51-34-30(73-43(51)61)18-44(40(58)62-7,74-38(34)36(70-27(5)56)31(68-25(3)54)20-64-24(2)53)67-21-32-35(69-26(4)55)37(71-28(6)57)33(50-42(60)66-22-45(46,47)48)39(72-32)63-17-13-9-12-16-49-41(59)65-19-29-14-10-8-11-15-29/h8,10-11,14-15,30-39H,9,12-13,16-22H2,1-7H3,(H,49,59)(H,50,60)/t30-,31+,32+,33+,34+,35+,36+,37+,38+,39+,44+/m0/s1. The van der Waals surface area contributed by atoms with E-state index in [1.54, 1.807) is 12.1 Å². The number of carbonyl (C=O) groups excluding carboxylic acids is 10. The van der Waals surface area contributed by atoms with Gasteiger partial charge >= 0.3 is 54.1 Å². The molecule has 26 nitrogen and oxygen atoms in total. The van der Waals surface area contributed by atoms with Crippen LogP contribution in [0.1, 0.15) is 72.8 Å². The quantitative estimate of drug-likeness (QED) is 0.0688. The fraction of sp³-hybridized carbons (Fsp3) is 0.644. The number of esters is 6. The lowest BCUT2D eigenvalue weighted by Gasteiger charge is -2.48. The Labute approximate surface area is 439 Å². The third kappa shape index (κ3) is 18.3. The van der Waals surface area contributed by atoms with Crippen LogP contribution in [0, 0.1) is 0 Å². The number of unbranched alkanes of at least 4 members (excludes halogenated alkanes) is 2. The molecular weight excluding hydrogens is 1060 g/mol. The predicted octanol–water partition coefficient (Wildman–Crippen LogP) is 2.99. The SMILES string of the molecule is COC(=O)[C@@]1(OC[C@H]2O[C@@H](OCCCCCNC(=O)OCc3ccccc3)[C@H](NC(=O)OCC(Cl)(Cl)Cl)[C@@H](OC(C)=O)[C@@H]2OC(C)=O)C[C@@H]2OC(=O)N(C(C)=O)[C@H]2[C@H]([C@H](OC(C)=O)[C@@H](COC(C)=O)OC(C)=O)O1. The van der Waals surface area contributed by atoms with E-state index in [0.717, 1.165) is 54.2 Å². The van der Waals surface area contributed by atoms with Gasteiger partial charge in [0.05, 0.1) is 20.1 Å². The molecule has 0 aromatic heterocycles. The molecule has 4 amide bonds. The van der Waals surface area contributed by atoms with Crippen molar-refractivity contribution in [1.29, 1.82) is 0 Å². The second-order valence-corrected chi connectivity index (χ2v) is 19.2. The highest BCUT2D eigenvalue weighted by atomic mass is 35.6. The van der Waals surface area contributed by atoms with Crippen molar-refractivity contribution in [2.45, 2.75) is 145 Å². The molecule has 412 valence electrons. The molecule has 3 heterocycles. The van der Waals surface area contributed by atoms with Gasteiger partial charge in [0.2, 0.25) is 9.70 Å². The van der Waals surface area contributed by atoms with Gasteiger partial charge in [-0.05, 0) is 24.8 Å². The van der Waals surface area contributed by atoms with Crippen LogP contribution in [0.4, 0.5) is 14.4 Å². The molecule has 3 saturated heterocycles. The minimum Gasteiger partial charge on any atom is -0.465 e. The van der Waals surface area contributed by atoms with Crippen molar-refractivity contribution in [1.82, 2.24) is 15.5 Å². The maximum absolute atomic E-state index is 14.1. The summed E-state index contributed by atoms with van der Waals surface area (Å²) in [6.07, 6.45) is -16.5. The van der Waals surface area contributed by atoms with Crippen LogP contribution >= 0.6 is 34.8 Å². The lowest BCUT2D eigenvalue weighted by atomic mass is 9.88. The summed E-state index contributed by atoms with van der Waals surface area (Å²) in [7, 11) is 0.928. The van der Waals surface area contributed by atoms with Crippen LogP contribution in [0.25, 0.3) is 0 Å². The lowest BCUT2D eigenvalue weighted by molar-refractivity contribution is -0.331. The van der Waals surface area contributed by atoms with Crippen LogP contribution in [-0.4, -0.2) is 176 Å². The number of hydrogen-bond donors (Lipinski definition) is 2. The molecule has 1 aromatic rings. The number of alkyl halides is 3. The van der Waals surface area contributed by atoms with E-state index in [1.807, 2.05) is 18.2 Å². The van der Waals surface area contributed by atoms with Crippen LogP contribution in [0.15, 0.2) is 30.3 Å². The van der Waals surface area contributed by atoms with E-state index >= 15 is 0 Å². The average molecular weight is 1120 g/mol. The fourth-order valence-corrected chi connectivity index (χ4v) is 8.13. The molecule has 0 aliphatic carbocycles. The monoisotopic (exact) mass is 1110 g/mol. The second kappa shape index (κ2) is 28.2. The van der Waals surface area contributed by atoms with E-state index in [4.69, 9.17) is 96.4 Å². The molecule has 11 atom stereocenters. The number of nitrogens with zero attached hydrogens (tertiary/aromatic N) is 1. The average Bonchev–Trinajstić information content (AvgIpc) is 3.66. The van der Waals surface area contributed by atoms with E-state index in [0.29, 0.717) is 24.2 Å². The number of ether oxygens (including phenoxy) is 13. The number of imide groups is 1. The largest absolute Gasteiger partial charge is 0.465 e. The summed E-state index contributed by atoms with van der Waals surface area (Å²) in [5, 5.41) is 5.08. The zero-order valence-electron chi connectivity index (χ0n) is 41.2. The van der Waals surface area contributed by atoms with E-state index in [1.165, 1.54) is 0 Å². The van der Waals surface area contributed by atoms with Gasteiger partial charge in [0.25, 0.3) is 5.79 Å². The number of methoxy groups -OCH3 is 1. The first-order valence-corrected chi connectivity index (χ1v) is 23.9. The zero-order chi connectivity index (χ0) is 54.9. The molecule has 0 saturated carbocycles. The topological polar surface area (TPSA) is 318 Å². The molecule has 3 fully saturated rings. The van der Waals surface area contributed by atoms with Crippen molar-refractivity contribution in [3.05, 3.63) is 35.9 Å². The summed E-state index contributed by atoms with van der Waals surface area (Å²) in [5.41, 5.74) is 0.797. The van der Waals surface area contributed by atoms with Gasteiger partial charge in [-0.3, -0.25) is 28.8 Å². The zero-order valence-corrected chi connectivity index (χ0v) is 43.5. The Hall–Kier alpha value is -5.77. The molecule has 1 aromatic carbocycles. The maximum atomic E-state index is 14.1. The van der Waals surface area contributed by atoms with Crippen LogP contribution in [0.5, 0.6) is 0 Å². The van der Waals surface area contributed by atoms with Gasteiger partial charge in [-0.15, -0.1) is 0 Å². The van der Waals surface area contributed by atoms with Crippen molar-refractivity contribution in [3.63, 3.8) is 0 Å². The van der Waals surface area contributed by atoms with E-state index in [2.05, 4.69) is 10.6 Å². The highest BCUT2D eigenvalue weighted by Crippen LogP contribution is 2.43. The van der Waals surface area contributed by atoms with Gasteiger partial charge < -0.3 is 72.2 Å². The summed E-state index contributed by atoms with van der Waals surface area (Å²) in [5.74, 6) is -9.82. The third-order valence-corrected chi connectivity index (χ3v) is 11.2. The second-order valence-electron chi connectivity index (χ2n) is 16.6. The number of benzene rings is 1. The molecular formula is C45H58Cl3N3O23. The number of fused-ring (bicyclic) bond motifs is 1. The Morgan fingerprint density at radius 1 is 0.811 bits per heavy atom. The van der Waals surface area contributed by atoms with Gasteiger partial charge in [0, 0.05) is 54.7 Å². The normalized spacial score (nSPS) is 25.1. The number of halogens is 3. The molecule has 0 bridgehead atoms. The minimum absolute atomic E-state index is 0.0644. The van der Waals surface area contributed by atoms with E-state index in [-0.39, 0.29) is 19.8 Å². The molecule has 3 aliphatic rings. The molecule has 3 aliphatic heterocycles. The predicted molar refractivity (Wildman–Crippen MR) is 247 cm³/mol. The van der Waals surface area contributed by atoms with Crippen molar-refractivity contribution < 1.29 is 110 Å². The summed E-state index contributed by atoms with van der Waals surface area (Å²) in [4.78, 5) is 129. The highest BCUT2D eigenvalue weighted by Gasteiger charge is 2.65. The first kappa shape index (κ1) is 60.8. The Morgan fingerprint density at radius 3 is 2.07 bits per heavy atom. The molecule has 74 heavy (non-hydrogen) atoms. The van der Waals surface area contributed by atoms with E-state index in [9.17, 15) is 47.9 Å². The Morgan fingerprint density at radius 2 is 1.47 bits per heavy atom. The summed E-state index contributed by atoms with van der Waals surface area (Å²) >= 11 is 17.4. The van der Waals surface area contributed by atoms with Gasteiger partial charge in [0.1, 0.15) is 50.2 Å². The molecule has 0 radical (unpaired) electrons. The number of amides is 4. The van der Waals surface area contributed by atoms with Crippen molar-refractivity contribution >= 4 is 94.8 Å². The summed E-state index contributed by atoms with van der Waals surface area (Å²) in [6.45, 7) is 3.66. The van der Waals surface area contributed by atoms with Crippen molar-refractivity contribution in [2.75, 3.05) is 40.1 Å². The van der Waals surface area contributed by atoms with Crippen LogP contribution < -0.4 is 10.6 Å². The highest BCUT2D eigenvalue weighted by molar-refractivity contribution is 6.67. The molecule has 4 rings (SSSR count). The molecule has 2 N–H and O–H groups in total. The number of alkyl carbamates (subject to hydrolysis) is 2. The lowest BCUT2D eigenvalue weighted by Crippen LogP contribution is -2.69. The molecule has 0 unspecified atom stereocenters. The Bertz CT molecular complexity index is 2170.